The number of fused-ring (bicyclic) bond motifs is 1. The molecular formula is C24H26N4O2. The predicted octanol–water partition coefficient (Wildman–Crippen LogP) is 5.56. The van der Waals surface area contributed by atoms with E-state index in [1.54, 1.807) is 11.1 Å². The van der Waals surface area contributed by atoms with Gasteiger partial charge in [0.05, 0.1) is 22.8 Å². The molecule has 0 atom stereocenters. The Morgan fingerprint density at radius 1 is 1.17 bits per heavy atom. The van der Waals surface area contributed by atoms with E-state index in [9.17, 15) is 4.79 Å². The SMILES string of the molecule is CCN(C(=O)c1cc(-c2cc(C)oc2C)nc2c1cnn2C(C)C)c1ccccc1. The molecule has 4 rings (SSSR count). The molecule has 0 saturated heterocycles. The van der Waals surface area contributed by atoms with Crippen LogP contribution in [0.2, 0.25) is 0 Å². The number of aryl methyl sites for hydroxylation is 2. The summed E-state index contributed by atoms with van der Waals surface area (Å²) in [5.41, 5.74) is 3.76. The molecule has 0 radical (unpaired) electrons. The highest BCUT2D eigenvalue weighted by molar-refractivity contribution is 6.13. The Bertz CT molecular complexity index is 1200. The fourth-order valence-corrected chi connectivity index (χ4v) is 3.79. The Balaban J connectivity index is 1.94. The molecular weight excluding hydrogens is 376 g/mol. The van der Waals surface area contributed by atoms with Crippen LogP contribution in [0.1, 0.15) is 48.7 Å². The maximum atomic E-state index is 13.7. The number of hydrogen-bond donors (Lipinski definition) is 0. The van der Waals surface area contributed by atoms with Crippen molar-refractivity contribution in [1.29, 1.82) is 0 Å². The van der Waals surface area contributed by atoms with Crippen LogP contribution in [0.5, 0.6) is 0 Å². The van der Waals surface area contributed by atoms with E-state index in [1.807, 2.05) is 67.9 Å². The summed E-state index contributed by atoms with van der Waals surface area (Å²) < 4.78 is 7.58. The molecule has 4 aromatic rings. The first-order valence-electron chi connectivity index (χ1n) is 10.2. The number of carbonyl (C=O) groups excluding carboxylic acids is 1. The number of pyridine rings is 1. The number of hydrogen-bond acceptors (Lipinski definition) is 4. The second kappa shape index (κ2) is 7.78. The highest BCUT2D eigenvalue weighted by atomic mass is 16.3. The lowest BCUT2D eigenvalue weighted by Gasteiger charge is -2.22. The standard InChI is InChI=1S/C24H26N4O2/c1-6-27(18-10-8-7-9-11-18)24(29)20-13-22(19-12-16(4)30-17(19)5)26-23-21(20)14-25-28(23)15(2)3/h7-15H,6H2,1-5H3. The van der Waals surface area contributed by atoms with E-state index in [0.29, 0.717) is 23.4 Å². The Hall–Kier alpha value is -3.41. The molecule has 6 nitrogen and oxygen atoms in total. The third-order valence-electron chi connectivity index (χ3n) is 5.23. The minimum Gasteiger partial charge on any atom is -0.466 e. The van der Waals surface area contributed by atoms with Gasteiger partial charge in [-0.25, -0.2) is 9.67 Å². The van der Waals surface area contributed by atoms with Crippen LogP contribution < -0.4 is 4.90 Å². The van der Waals surface area contributed by atoms with Crippen LogP contribution in [-0.2, 0) is 0 Å². The van der Waals surface area contributed by atoms with Crippen LogP contribution in [0.3, 0.4) is 0 Å². The highest BCUT2D eigenvalue weighted by Gasteiger charge is 2.24. The highest BCUT2D eigenvalue weighted by Crippen LogP contribution is 2.31. The van der Waals surface area contributed by atoms with Crippen molar-refractivity contribution >= 4 is 22.6 Å². The fourth-order valence-electron chi connectivity index (χ4n) is 3.79. The van der Waals surface area contributed by atoms with Gasteiger partial charge in [0.1, 0.15) is 11.5 Å². The van der Waals surface area contributed by atoms with Crippen molar-refractivity contribution < 1.29 is 9.21 Å². The van der Waals surface area contributed by atoms with Crippen molar-refractivity contribution in [1.82, 2.24) is 14.8 Å². The van der Waals surface area contributed by atoms with Gasteiger partial charge < -0.3 is 9.32 Å². The average Bonchev–Trinajstić information content (AvgIpc) is 3.31. The first-order chi connectivity index (χ1) is 14.4. The summed E-state index contributed by atoms with van der Waals surface area (Å²) in [5, 5.41) is 5.27. The molecule has 1 amide bonds. The topological polar surface area (TPSA) is 64.2 Å². The first-order valence-corrected chi connectivity index (χ1v) is 10.2. The molecule has 0 bridgehead atoms. The minimum absolute atomic E-state index is 0.0708. The van der Waals surface area contributed by atoms with E-state index < -0.39 is 0 Å². The van der Waals surface area contributed by atoms with Crippen molar-refractivity contribution in [3.63, 3.8) is 0 Å². The summed E-state index contributed by atoms with van der Waals surface area (Å²) in [7, 11) is 0. The summed E-state index contributed by atoms with van der Waals surface area (Å²) in [6.45, 7) is 10.5. The van der Waals surface area contributed by atoms with E-state index in [1.165, 1.54) is 0 Å². The number of amides is 1. The quantitative estimate of drug-likeness (QED) is 0.439. The number of furan rings is 1. The largest absolute Gasteiger partial charge is 0.466 e. The molecule has 0 fully saturated rings. The monoisotopic (exact) mass is 402 g/mol. The third-order valence-corrected chi connectivity index (χ3v) is 5.23. The molecule has 0 aliphatic heterocycles. The molecule has 0 aliphatic rings. The Morgan fingerprint density at radius 3 is 2.50 bits per heavy atom. The molecule has 0 unspecified atom stereocenters. The van der Waals surface area contributed by atoms with Crippen LogP contribution >= 0.6 is 0 Å². The first kappa shape index (κ1) is 19.9. The van der Waals surface area contributed by atoms with Gasteiger partial charge in [0.2, 0.25) is 0 Å². The summed E-state index contributed by atoms with van der Waals surface area (Å²) in [6, 6.07) is 13.7. The predicted molar refractivity (Wildman–Crippen MR) is 119 cm³/mol. The van der Waals surface area contributed by atoms with E-state index >= 15 is 0 Å². The Labute approximate surface area is 176 Å². The van der Waals surface area contributed by atoms with Crippen LogP contribution in [0.4, 0.5) is 5.69 Å². The minimum atomic E-state index is -0.0708. The molecule has 154 valence electrons. The van der Waals surface area contributed by atoms with E-state index in [-0.39, 0.29) is 11.9 Å². The van der Waals surface area contributed by atoms with Gasteiger partial charge in [0.25, 0.3) is 5.91 Å². The van der Waals surface area contributed by atoms with Gasteiger partial charge in [-0.05, 0) is 58.9 Å². The van der Waals surface area contributed by atoms with Crippen LogP contribution in [0, 0.1) is 13.8 Å². The molecule has 30 heavy (non-hydrogen) atoms. The zero-order chi connectivity index (χ0) is 21.4. The second-order valence-corrected chi connectivity index (χ2v) is 7.69. The van der Waals surface area contributed by atoms with Crippen molar-refractivity contribution in [2.75, 3.05) is 11.4 Å². The van der Waals surface area contributed by atoms with E-state index in [0.717, 1.165) is 28.2 Å². The summed E-state index contributed by atoms with van der Waals surface area (Å²) in [4.78, 5) is 20.3. The van der Waals surface area contributed by atoms with Crippen molar-refractivity contribution in [3.8, 4) is 11.3 Å². The van der Waals surface area contributed by atoms with Gasteiger partial charge in [-0.1, -0.05) is 18.2 Å². The Morgan fingerprint density at radius 2 is 1.90 bits per heavy atom. The van der Waals surface area contributed by atoms with Crippen LogP contribution in [0.15, 0.2) is 53.1 Å². The maximum absolute atomic E-state index is 13.7. The second-order valence-electron chi connectivity index (χ2n) is 7.69. The summed E-state index contributed by atoms with van der Waals surface area (Å²) in [5.74, 6) is 1.52. The van der Waals surface area contributed by atoms with E-state index in [2.05, 4.69) is 18.9 Å². The lowest BCUT2D eigenvalue weighted by molar-refractivity contribution is 0.0990. The van der Waals surface area contributed by atoms with Gasteiger partial charge in [0.15, 0.2) is 5.65 Å². The number of benzene rings is 1. The van der Waals surface area contributed by atoms with Crippen molar-refractivity contribution in [3.05, 3.63) is 65.7 Å². The van der Waals surface area contributed by atoms with Gasteiger partial charge in [-0.3, -0.25) is 4.79 Å². The van der Waals surface area contributed by atoms with Crippen molar-refractivity contribution in [2.45, 2.75) is 40.7 Å². The molecule has 0 saturated carbocycles. The molecule has 0 aliphatic carbocycles. The molecule has 3 aromatic heterocycles. The zero-order valence-corrected chi connectivity index (χ0v) is 18.0. The lowest BCUT2D eigenvalue weighted by Crippen LogP contribution is -2.30. The van der Waals surface area contributed by atoms with Gasteiger partial charge in [-0.15, -0.1) is 0 Å². The lowest BCUT2D eigenvalue weighted by atomic mass is 10.1. The normalized spacial score (nSPS) is 11.4. The van der Waals surface area contributed by atoms with Crippen molar-refractivity contribution in [2.24, 2.45) is 0 Å². The fraction of sp³-hybridized carbons (Fsp3) is 0.292. The van der Waals surface area contributed by atoms with Gasteiger partial charge in [0, 0.05) is 23.8 Å². The number of carbonyl (C=O) groups is 1. The summed E-state index contributed by atoms with van der Waals surface area (Å²) >= 11 is 0. The maximum Gasteiger partial charge on any atom is 0.259 e. The average molecular weight is 402 g/mol. The van der Waals surface area contributed by atoms with Crippen LogP contribution in [0.25, 0.3) is 22.3 Å². The Kier molecular flexibility index (Phi) is 5.16. The molecule has 1 aromatic carbocycles. The molecule has 0 spiro atoms. The molecule has 0 N–H and O–H groups in total. The smallest absolute Gasteiger partial charge is 0.259 e. The van der Waals surface area contributed by atoms with Crippen LogP contribution in [-0.4, -0.2) is 27.2 Å². The van der Waals surface area contributed by atoms with E-state index in [4.69, 9.17) is 9.40 Å². The number of aromatic nitrogens is 3. The number of anilines is 1. The zero-order valence-electron chi connectivity index (χ0n) is 18.0. The van der Waals surface area contributed by atoms with Gasteiger partial charge in [-0.2, -0.15) is 5.10 Å². The molecule has 6 heteroatoms. The molecule has 3 heterocycles. The third kappa shape index (κ3) is 3.38. The number of rotatable bonds is 5. The van der Waals surface area contributed by atoms with Gasteiger partial charge >= 0.3 is 0 Å². The number of para-hydroxylation sites is 1. The number of nitrogens with zero attached hydrogens (tertiary/aromatic N) is 4. The summed E-state index contributed by atoms with van der Waals surface area (Å²) in [6.07, 6.45) is 1.74.